The van der Waals surface area contributed by atoms with Gasteiger partial charge in [-0.3, -0.25) is 14.8 Å². The van der Waals surface area contributed by atoms with Gasteiger partial charge in [-0.05, 0) is 46.0 Å². The van der Waals surface area contributed by atoms with Crippen LogP contribution in [0.4, 0.5) is 0 Å². The summed E-state index contributed by atoms with van der Waals surface area (Å²) in [7, 11) is 0. The molecular formula is C22H46IN5O2. The summed E-state index contributed by atoms with van der Waals surface area (Å²) >= 11 is 0. The summed E-state index contributed by atoms with van der Waals surface area (Å²) < 4.78 is 5.40. The fraction of sp³-hybridized carbons (Fsp3) is 0.955. The maximum absolute atomic E-state index is 10.8. The second-order valence-electron chi connectivity index (χ2n) is 10.1. The molecule has 2 aliphatic heterocycles. The second-order valence-corrected chi connectivity index (χ2v) is 10.1. The van der Waals surface area contributed by atoms with Gasteiger partial charge >= 0.3 is 0 Å². The van der Waals surface area contributed by atoms with E-state index in [1.807, 2.05) is 6.92 Å². The van der Waals surface area contributed by atoms with Crippen LogP contribution in [0.1, 0.15) is 48.0 Å². The lowest BCUT2D eigenvalue weighted by Crippen LogP contribution is -2.54. The summed E-state index contributed by atoms with van der Waals surface area (Å²) in [6.45, 7) is 21.4. The molecule has 30 heavy (non-hydrogen) atoms. The first kappa shape index (κ1) is 27.9. The Morgan fingerprint density at radius 3 is 2.27 bits per heavy atom. The number of aliphatic hydroxyl groups is 1. The molecular weight excluding hydrogens is 493 g/mol. The Balaban J connectivity index is 0.00000450. The molecule has 2 heterocycles. The molecule has 0 aromatic heterocycles. The molecule has 0 bridgehead atoms. The van der Waals surface area contributed by atoms with Crippen molar-refractivity contribution in [2.24, 2.45) is 16.8 Å². The molecule has 7 nitrogen and oxygen atoms in total. The molecule has 3 unspecified atom stereocenters. The Kier molecular flexibility index (Phi) is 11.9. The minimum Gasteiger partial charge on any atom is -0.387 e. The maximum Gasteiger partial charge on any atom is 0.191 e. The molecule has 2 fully saturated rings. The van der Waals surface area contributed by atoms with Crippen molar-refractivity contribution in [3.05, 3.63) is 0 Å². The van der Waals surface area contributed by atoms with Crippen molar-refractivity contribution in [1.82, 2.24) is 20.4 Å². The van der Waals surface area contributed by atoms with Crippen LogP contribution in [0.2, 0.25) is 0 Å². The molecule has 3 atom stereocenters. The third-order valence-corrected chi connectivity index (χ3v) is 6.00. The van der Waals surface area contributed by atoms with Crippen molar-refractivity contribution in [2.45, 2.75) is 59.1 Å². The average Bonchev–Trinajstić information content (AvgIpc) is 2.64. The van der Waals surface area contributed by atoms with E-state index in [1.54, 1.807) is 0 Å². The van der Waals surface area contributed by atoms with E-state index in [9.17, 15) is 5.11 Å². The summed E-state index contributed by atoms with van der Waals surface area (Å²) in [6, 6.07) is 0. The zero-order valence-corrected chi connectivity index (χ0v) is 22.4. The Morgan fingerprint density at radius 2 is 1.70 bits per heavy atom. The van der Waals surface area contributed by atoms with E-state index in [2.05, 4.69) is 55.1 Å². The van der Waals surface area contributed by atoms with E-state index in [0.29, 0.717) is 13.1 Å². The summed E-state index contributed by atoms with van der Waals surface area (Å²) in [6.07, 6.45) is 1.32. The fourth-order valence-electron chi connectivity index (χ4n) is 4.44. The molecule has 0 saturated carbocycles. The minimum absolute atomic E-state index is 0. The lowest BCUT2D eigenvalue weighted by atomic mass is 9.88. The van der Waals surface area contributed by atoms with Crippen molar-refractivity contribution < 1.29 is 9.84 Å². The Hall–Kier alpha value is -0.160. The number of nitrogens with one attached hydrogen (secondary N) is 2. The molecule has 8 heteroatoms. The lowest BCUT2D eigenvalue weighted by molar-refractivity contribution is -0.0201. The van der Waals surface area contributed by atoms with Gasteiger partial charge in [0.1, 0.15) is 0 Å². The molecule has 0 amide bonds. The largest absolute Gasteiger partial charge is 0.387 e. The normalized spacial score (nSPS) is 26.6. The van der Waals surface area contributed by atoms with Crippen molar-refractivity contribution in [2.75, 3.05) is 65.6 Å². The Labute approximate surface area is 201 Å². The third-order valence-electron chi connectivity index (χ3n) is 6.00. The number of morpholine rings is 1. The highest BCUT2D eigenvalue weighted by atomic mass is 127. The van der Waals surface area contributed by atoms with Gasteiger partial charge in [-0.15, -0.1) is 24.0 Å². The molecule has 0 aliphatic carbocycles. The smallest absolute Gasteiger partial charge is 0.191 e. The number of hydrogen-bond acceptors (Lipinski definition) is 5. The van der Waals surface area contributed by atoms with Gasteiger partial charge in [0, 0.05) is 51.4 Å². The van der Waals surface area contributed by atoms with Crippen LogP contribution in [-0.2, 0) is 4.74 Å². The number of likely N-dealkylation sites (tertiary alicyclic amines) is 1. The Morgan fingerprint density at radius 1 is 1.10 bits per heavy atom. The number of piperidine rings is 1. The summed E-state index contributed by atoms with van der Waals surface area (Å²) in [5.41, 5.74) is -0.803. The second kappa shape index (κ2) is 12.8. The van der Waals surface area contributed by atoms with Gasteiger partial charge in [0.05, 0.1) is 25.4 Å². The molecule has 0 aromatic rings. The Bertz CT molecular complexity index is 514. The van der Waals surface area contributed by atoms with Gasteiger partial charge in [0.25, 0.3) is 0 Å². The molecule has 0 aromatic carbocycles. The van der Waals surface area contributed by atoms with Crippen molar-refractivity contribution in [3.63, 3.8) is 0 Å². The van der Waals surface area contributed by atoms with Crippen LogP contribution in [0.25, 0.3) is 0 Å². The van der Waals surface area contributed by atoms with Gasteiger partial charge in [0.15, 0.2) is 5.96 Å². The van der Waals surface area contributed by atoms with E-state index in [0.717, 1.165) is 70.3 Å². The van der Waals surface area contributed by atoms with Crippen LogP contribution in [0.3, 0.4) is 0 Å². The molecule has 2 rings (SSSR count). The van der Waals surface area contributed by atoms with E-state index in [-0.39, 0.29) is 29.5 Å². The van der Waals surface area contributed by atoms with E-state index in [1.165, 1.54) is 6.42 Å². The highest BCUT2D eigenvalue weighted by Crippen LogP contribution is 2.27. The van der Waals surface area contributed by atoms with Gasteiger partial charge < -0.3 is 20.5 Å². The van der Waals surface area contributed by atoms with Gasteiger partial charge in [0.2, 0.25) is 0 Å². The average molecular weight is 540 g/mol. The number of β-amino-alcohol motifs (C(OH)–C–C–N with tert-alkyl or cyclic N) is 1. The van der Waals surface area contributed by atoms with Crippen LogP contribution in [0.5, 0.6) is 0 Å². The van der Waals surface area contributed by atoms with Gasteiger partial charge in [-0.25, -0.2) is 0 Å². The van der Waals surface area contributed by atoms with Crippen LogP contribution in [-0.4, -0.2) is 97.6 Å². The summed E-state index contributed by atoms with van der Waals surface area (Å²) in [5.74, 6) is 2.26. The number of ether oxygens (including phenoxy) is 1. The number of guanidine groups is 1. The topological polar surface area (TPSA) is 72.4 Å². The van der Waals surface area contributed by atoms with Crippen LogP contribution < -0.4 is 10.6 Å². The quantitative estimate of drug-likeness (QED) is 0.249. The van der Waals surface area contributed by atoms with E-state index < -0.39 is 5.60 Å². The maximum atomic E-state index is 10.8. The highest BCUT2D eigenvalue weighted by Gasteiger charge is 2.32. The molecule has 0 spiro atoms. The first-order valence-electron chi connectivity index (χ1n) is 11.4. The first-order valence-corrected chi connectivity index (χ1v) is 11.4. The lowest BCUT2D eigenvalue weighted by Gasteiger charge is -2.44. The summed E-state index contributed by atoms with van der Waals surface area (Å²) in [4.78, 5) is 9.72. The van der Waals surface area contributed by atoms with E-state index in [4.69, 9.17) is 9.73 Å². The zero-order valence-electron chi connectivity index (χ0n) is 20.0. The number of hydrogen-bond donors (Lipinski definition) is 3. The highest BCUT2D eigenvalue weighted by molar-refractivity contribution is 14.0. The van der Waals surface area contributed by atoms with Crippen molar-refractivity contribution >= 4 is 29.9 Å². The van der Waals surface area contributed by atoms with Crippen LogP contribution >= 0.6 is 24.0 Å². The number of halogens is 1. The predicted molar refractivity (Wildman–Crippen MR) is 136 cm³/mol. The van der Waals surface area contributed by atoms with Gasteiger partial charge in [-0.2, -0.15) is 0 Å². The molecule has 0 radical (unpaired) electrons. The molecule has 3 N–H and O–H groups in total. The monoisotopic (exact) mass is 539 g/mol. The standard InChI is InChI=1S/C22H45N5O2.HI/c1-7-23-20(25-16-22(6,28)17-26-8-10-29-11-9-26)24-15-21(4,5)27-13-18(2)12-19(3)14-27;/h18-19,28H,7-17H2,1-6H3,(H2,23,24,25);1H. The van der Waals surface area contributed by atoms with Crippen molar-refractivity contribution in [1.29, 1.82) is 0 Å². The van der Waals surface area contributed by atoms with Crippen molar-refractivity contribution in [3.8, 4) is 0 Å². The zero-order chi connectivity index (χ0) is 21.5. The van der Waals surface area contributed by atoms with Crippen LogP contribution in [0.15, 0.2) is 4.99 Å². The SMILES string of the molecule is CCNC(=NCC(C)(C)N1CC(C)CC(C)C1)NCC(C)(O)CN1CCOCC1.I. The summed E-state index contributed by atoms with van der Waals surface area (Å²) in [5, 5.41) is 17.5. The fourth-order valence-corrected chi connectivity index (χ4v) is 4.44. The third kappa shape index (κ3) is 9.54. The number of aliphatic imine (C=N–C) groups is 1. The first-order chi connectivity index (χ1) is 13.6. The van der Waals surface area contributed by atoms with Gasteiger partial charge in [-0.1, -0.05) is 13.8 Å². The predicted octanol–water partition coefficient (Wildman–Crippen LogP) is 2.00. The minimum atomic E-state index is -0.819. The number of nitrogens with zero attached hydrogens (tertiary/aromatic N) is 3. The number of rotatable bonds is 8. The molecule has 2 aliphatic rings. The molecule has 178 valence electrons. The molecule has 2 saturated heterocycles. The van der Waals surface area contributed by atoms with E-state index >= 15 is 0 Å². The van der Waals surface area contributed by atoms with Crippen LogP contribution in [0, 0.1) is 11.8 Å².